The smallest absolute Gasteiger partial charge is 0.146 e. The van der Waals surface area contributed by atoms with Crippen LogP contribution in [0.25, 0.3) is 0 Å². The van der Waals surface area contributed by atoms with E-state index in [1.807, 2.05) is 0 Å². The number of anilines is 1. The number of hydrogen-bond acceptors (Lipinski definition) is 3. The largest absolute Gasteiger partial charge is 0.382 e. The zero-order chi connectivity index (χ0) is 9.10. The molecule has 0 atom stereocenters. The van der Waals surface area contributed by atoms with E-state index < -0.39 is 0 Å². The number of rotatable bonds is 2. The number of H-pyrrole nitrogens is 1. The fourth-order valence-corrected chi connectivity index (χ4v) is 1.80. The van der Waals surface area contributed by atoms with Gasteiger partial charge in [-0.3, -0.25) is 4.90 Å². The maximum absolute atomic E-state index is 5.69. The Morgan fingerprint density at radius 1 is 1.38 bits per heavy atom. The molecule has 2 rings (SSSR count). The molecule has 4 nitrogen and oxygen atoms in total. The predicted octanol–water partition coefficient (Wildman–Crippen LogP) is 0.978. The molecule has 0 aliphatic carbocycles. The van der Waals surface area contributed by atoms with E-state index in [1.54, 1.807) is 6.33 Å². The quantitative estimate of drug-likeness (QED) is 0.713. The molecular weight excluding hydrogens is 164 g/mol. The van der Waals surface area contributed by atoms with Crippen LogP contribution in [-0.2, 0) is 6.54 Å². The number of likely N-dealkylation sites (tertiary alicyclic amines) is 1. The van der Waals surface area contributed by atoms with Crippen molar-refractivity contribution in [1.29, 1.82) is 0 Å². The van der Waals surface area contributed by atoms with Crippen molar-refractivity contribution in [1.82, 2.24) is 14.9 Å². The van der Waals surface area contributed by atoms with Crippen molar-refractivity contribution in [2.24, 2.45) is 0 Å². The van der Waals surface area contributed by atoms with Crippen LogP contribution in [-0.4, -0.2) is 28.0 Å². The van der Waals surface area contributed by atoms with E-state index in [0.717, 1.165) is 12.2 Å². The Morgan fingerprint density at radius 3 is 2.77 bits per heavy atom. The van der Waals surface area contributed by atoms with Gasteiger partial charge in [-0.25, -0.2) is 4.98 Å². The highest BCUT2D eigenvalue weighted by Crippen LogP contribution is 2.13. The average Bonchev–Trinajstić information content (AvgIpc) is 2.54. The second-order valence-electron chi connectivity index (χ2n) is 3.60. The van der Waals surface area contributed by atoms with Crippen molar-refractivity contribution in [3.05, 3.63) is 12.0 Å². The normalized spacial score (nSPS) is 19.1. The zero-order valence-electron chi connectivity index (χ0n) is 7.79. The van der Waals surface area contributed by atoms with Gasteiger partial charge in [0.1, 0.15) is 5.82 Å². The predicted molar refractivity (Wildman–Crippen MR) is 52.1 cm³/mol. The first-order chi connectivity index (χ1) is 6.36. The molecule has 1 aromatic heterocycles. The first-order valence-electron chi connectivity index (χ1n) is 4.86. The molecule has 0 bridgehead atoms. The number of aromatic amines is 1. The molecule has 0 amide bonds. The average molecular weight is 180 g/mol. The van der Waals surface area contributed by atoms with Gasteiger partial charge in [0.25, 0.3) is 0 Å². The van der Waals surface area contributed by atoms with Gasteiger partial charge < -0.3 is 10.7 Å². The second-order valence-corrected chi connectivity index (χ2v) is 3.60. The van der Waals surface area contributed by atoms with Crippen molar-refractivity contribution in [3.63, 3.8) is 0 Å². The molecule has 1 aromatic rings. The van der Waals surface area contributed by atoms with Gasteiger partial charge in [-0.05, 0) is 25.9 Å². The zero-order valence-corrected chi connectivity index (χ0v) is 7.79. The summed E-state index contributed by atoms with van der Waals surface area (Å²) in [6.07, 6.45) is 5.66. The van der Waals surface area contributed by atoms with Crippen molar-refractivity contribution >= 4 is 5.82 Å². The molecule has 0 aromatic carbocycles. The van der Waals surface area contributed by atoms with Gasteiger partial charge in [-0.2, -0.15) is 0 Å². The molecule has 3 N–H and O–H groups in total. The molecule has 0 spiro atoms. The lowest BCUT2D eigenvalue weighted by atomic mass is 10.1. The van der Waals surface area contributed by atoms with E-state index in [9.17, 15) is 0 Å². The van der Waals surface area contributed by atoms with E-state index in [1.165, 1.54) is 32.4 Å². The summed E-state index contributed by atoms with van der Waals surface area (Å²) in [5.41, 5.74) is 6.75. The fourth-order valence-electron chi connectivity index (χ4n) is 1.80. The van der Waals surface area contributed by atoms with Crippen LogP contribution in [0.1, 0.15) is 25.0 Å². The van der Waals surface area contributed by atoms with E-state index in [0.29, 0.717) is 5.82 Å². The summed E-state index contributed by atoms with van der Waals surface area (Å²) in [6.45, 7) is 3.31. The van der Waals surface area contributed by atoms with Crippen molar-refractivity contribution < 1.29 is 0 Å². The number of hydrogen-bond donors (Lipinski definition) is 2. The van der Waals surface area contributed by atoms with Gasteiger partial charge in [-0.15, -0.1) is 0 Å². The topological polar surface area (TPSA) is 57.9 Å². The molecular formula is C9H16N4. The van der Waals surface area contributed by atoms with Crippen LogP contribution >= 0.6 is 0 Å². The van der Waals surface area contributed by atoms with Gasteiger partial charge in [0.05, 0.1) is 12.0 Å². The Labute approximate surface area is 78.1 Å². The van der Waals surface area contributed by atoms with E-state index in [-0.39, 0.29) is 0 Å². The van der Waals surface area contributed by atoms with Crippen molar-refractivity contribution in [2.75, 3.05) is 18.8 Å². The summed E-state index contributed by atoms with van der Waals surface area (Å²) < 4.78 is 0. The number of nitrogens with zero attached hydrogens (tertiary/aromatic N) is 2. The van der Waals surface area contributed by atoms with Crippen LogP contribution < -0.4 is 5.73 Å². The Hall–Kier alpha value is -1.03. The van der Waals surface area contributed by atoms with Crippen molar-refractivity contribution in [3.8, 4) is 0 Å². The first kappa shape index (κ1) is 8.56. The van der Waals surface area contributed by atoms with Gasteiger partial charge in [-0.1, -0.05) is 6.42 Å². The highest BCUT2D eigenvalue weighted by molar-refractivity contribution is 5.33. The molecule has 0 radical (unpaired) electrons. The van der Waals surface area contributed by atoms with E-state index in [4.69, 9.17) is 5.73 Å². The molecule has 0 unspecified atom stereocenters. The van der Waals surface area contributed by atoms with E-state index >= 15 is 0 Å². The molecule has 1 aliphatic heterocycles. The third kappa shape index (κ3) is 2.01. The third-order valence-corrected chi connectivity index (χ3v) is 2.58. The number of aromatic nitrogens is 2. The van der Waals surface area contributed by atoms with Crippen LogP contribution in [0, 0.1) is 0 Å². The molecule has 1 saturated heterocycles. The summed E-state index contributed by atoms with van der Waals surface area (Å²) in [6, 6.07) is 0. The van der Waals surface area contributed by atoms with Gasteiger partial charge >= 0.3 is 0 Å². The Balaban J connectivity index is 1.93. The first-order valence-corrected chi connectivity index (χ1v) is 4.86. The van der Waals surface area contributed by atoms with Crippen LogP contribution in [0.15, 0.2) is 6.33 Å². The maximum atomic E-state index is 5.69. The highest BCUT2D eigenvalue weighted by Gasteiger charge is 2.12. The second kappa shape index (κ2) is 3.79. The standard InChI is InChI=1S/C9H16N4/c10-9-8(11-7-12-9)6-13-4-2-1-3-5-13/h7H,1-6,10H2,(H,11,12). The summed E-state index contributed by atoms with van der Waals surface area (Å²) in [4.78, 5) is 9.48. The lowest BCUT2D eigenvalue weighted by Crippen LogP contribution is -2.29. The molecule has 2 heterocycles. The highest BCUT2D eigenvalue weighted by atomic mass is 15.1. The number of imidazole rings is 1. The van der Waals surface area contributed by atoms with Gasteiger partial charge in [0, 0.05) is 6.54 Å². The minimum Gasteiger partial charge on any atom is -0.382 e. The lowest BCUT2D eigenvalue weighted by Gasteiger charge is -2.25. The SMILES string of the molecule is Nc1nc[nH]c1CN1CCCCC1. The Morgan fingerprint density at radius 2 is 2.15 bits per heavy atom. The summed E-state index contributed by atoms with van der Waals surface area (Å²) in [7, 11) is 0. The number of nitrogen functional groups attached to an aromatic ring is 1. The van der Waals surface area contributed by atoms with Gasteiger partial charge in [0.2, 0.25) is 0 Å². The summed E-state index contributed by atoms with van der Waals surface area (Å²) in [5.74, 6) is 0.644. The molecule has 0 saturated carbocycles. The van der Waals surface area contributed by atoms with Gasteiger partial charge in [0.15, 0.2) is 0 Å². The molecule has 72 valence electrons. The minimum atomic E-state index is 0.644. The molecule has 1 aliphatic rings. The summed E-state index contributed by atoms with van der Waals surface area (Å²) in [5, 5.41) is 0. The fraction of sp³-hybridized carbons (Fsp3) is 0.667. The third-order valence-electron chi connectivity index (χ3n) is 2.58. The molecule has 4 heteroatoms. The number of nitrogens with one attached hydrogen (secondary N) is 1. The van der Waals surface area contributed by atoms with Crippen LogP contribution in [0.3, 0.4) is 0 Å². The Kier molecular flexibility index (Phi) is 2.49. The molecule has 1 fully saturated rings. The monoisotopic (exact) mass is 180 g/mol. The minimum absolute atomic E-state index is 0.644. The van der Waals surface area contributed by atoms with E-state index in [2.05, 4.69) is 14.9 Å². The van der Waals surface area contributed by atoms with Crippen LogP contribution in [0.5, 0.6) is 0 Å². The maximum Gasteiger partial charge on any atom is 0.146 e. The lowest BCUT2D eigenvalue weighted by molar-refractivity contribution is 0.219. The molecule has 13 heavy (non-hydrogen) atoms. The van der Waals surface area contributed by atoms with Crippen molar-refractivity contribution in [2.45, 2.75) is 25.8 Å². The summed E-state index contributed by atoms with van der Waals surface area (Å²) >= 11 is 0. The number of piperidine rings is 1. The Bertz CT molecular complexity index is 262. The van der Waals surface area contributed by atoms with Crippen LogP contribution in [0.4, 0.5) is 5.82 Å². The number of nitrogens with two attached hydrogens (primary N) is 1. The van der Waals surface area contributed by atoms with Crippen LogP contribution in [0.2, 0.25) is 0 Å².